The monoisotopic (exact) mass is 251 g/mol. The van der Waals surface area contributed by atoms with Gasteiger partial charge in [-0.3, -0.25) is 0 Å². The molecule has 0 saturated carbocycles. The number of aryl methyl sites for hydroxylation is 2. The number of benzene rings is 2. The molecule has 0 amide bonds. The molecule has 1 heteroatoms. The van der Waals surface area contributed by atoms with Crippen LogP contribution in [0.4, 0.5) is 0 Å². The molecule has 1 nitrogen and oxygen atoms in total. The van der Waals surface area contributed by atoms with E-state index in [1.807, 2.05) is 0 Å². The standard InChI is InChI=1S/C18H21N/c1-12-6-5-9-15(13(12)2)18(19)17-11-10-14-7-3-4-8-16(14)17/h3-9,17-18H,10-11,19H2,1-2H3. The van der Waals surface area contributed by atoms with Crippen LogP contribution < -0.4 is 5.73 Å². The van der Waals surface area contributed by atoms with E-state index >= 15 is 0 Å². The van der Waals surface area contributed by atoms with Crippen molar-refractivity contribution in [2.45, 2.75) is 38.6 Å². The highest BCUT2D eigenvalue weighted by Gasteiger charge is 2.28. The molecule has 2 aromatic rings. The molecule has 0 fully saturated rings. The minimum absolute atomic E-state index is 0.114. The molecule has 1 aliphatic rings. The van der Waals surface area contributed by atoms with Crippen molar-refractivity contribution in [2.75, 3.05) is 0 Å². The summed E-state index contributed by atoms with van der Waals surface area (Å²) >= 11 is 0. The second-order valence-corrected chi connectivity index (χ2v) is 5.66. The Kier molecular flexibility index (Phi) is 3.16. The summed E-state index contributed by atoms with van der Waals surface area (Å²) in [6.07, 6.45) is 2.34. The predicted molar refractivity (Wildman–Crippen MR) is 80.3 cm³/mol. The fourth-order valence-electron chi connectivity index (χ4n) is 3.31. The van der Waals surface area contributed by atoms with Crippen LogP contribution in [0, 0.1) is 13.8 Å². The maximum atomic E-state index is 6.58. The Labute approximate surface area is 115 Å². The molecular weight excluding hydrogens is 230 g/mol. The van der Waals surface area contributed by atoms with Crippen LogP contribution in [-0.2, 0) is 6.42 Å². The molecular formula is C18H21N. The van der Waals surface area contributed by atoms with Crippen molar-refractivity contribution in [1.82, 2.24) is 0 Å². The molecule has 2 atom stereocenters. The van der Waals surface area contributed by atoms with Crippen molar-refractivity contribution in [3.63, 3.8) is 0 Å². The van der Waals surface area contributed by atoms with Gasteiger partial charge in [0.05, 0.1) is 0 Å². The Bertz CT molecular complexity index is 600. The average molecular weight is 251 g/mol. The molecule has 19 heavy (non-hydrogen) atoms. The number of hydrogen-bond donors (Lipinski definition) is 1. The van der Waals surface area contributed by atoms with Gasteiger partial charge in [-0.2, -0.15) is 0 Å². The predicted octanol–water partition coefficient (Wildman–Crippen LogP) is 4.03. The lowest BCUT2D eigenvalue weighted by Crippen LogP contribution is -2.19. The summed E-state index contributed by atoms with van der Waals surface area (Å²) in [5, 5.41) is 0. The Morgan fingerprint density at radius 2 is 1.84 bits per heavy atom. The summed E-state index contributed by atoms with van der Waals surface area (Å²) in [5.41, 5.74) is 13.5. The summed E-state index contributed by atoms with van der Waals surface area (Å²) in [6, 6.07) is 15.3. The van der Waals surface area contributed by atoms with Crippen molar-refractivity contribution in [2.24, 2.45) is 5.73 Å². The van der Waals surface area contributed by atoms with Crippen molar-refractivity contribution < 1.29 is 0 Å². The van der Waals surface area contributed by atoms with Crippen molar-refractivity contribution in [1.29, 1.82) is 0 Å². The average Bonchev–Trinajstić information content (AvgIpc) is 2.85. The maximum Gasteiger partial charge on any atom is 0.0367 e. The van der Waals surface area contributed by atoms with E-state index in [-0.39, 0.29) is 6.04 Å². The zero-order chi connectivity index (χ0) is 13.4. The molecule has 0 spiro atoms. The van der Waals surface area contributed by atoms with Gasteiger partial charge >= 0.3 is 0 Å². The molecule has 0 aromatic heterocycles. The first-order valence-corrected chi connectivity index (χ1v) is 7.08. The minimum atomic E-state index is 0.114. The van der Waals surface area contributed by atoms with Gasteiger partial charge in [0.1, 0.15) is 0 Å². The van der Waals surface area contributed by atoms with Crippen LogP contribution in [0.3, 0.4) is 0 Å². The first-order chi connectivity index (χ1) is 9.18. The molecule has 2 unspecified atom stereocenters. The minimum Gasteiger partial charge on any atom is -0.323 e. The number of rotatable bonds is 2. The van der Waals surface area contributed by atoms with E-state index < -0.39 is 0 Å². The highest BCUT2D eigenvalue weighted by atomic mass is 14.7. The van der Waals surface area contributed by atoms with Crippen LogP contribution in [0.5, 0.6) is 0 Å². The van der Waals surface area contributed by atoms with Gasteiger partial charge in [0.25, 0.3) is 0 Å². The molecule has 1 aliphatic carbocycles. The maximum absolute atomic E-state index is 6.58. The van der Waals surface area contributed by atoms with E-state index in [4.69, 9.17) is 5.73 Å². The summed E-state index contributed by atoms with van der Waals surface area (Å²) in [4.78, 5) is 0. The first-order valence-electron chi connectivity index (χ1n) is 7.08. The lowest BCUT2D eigenvalue weighted by Gasteiger charge is -2.23. The van der Waals surface area contributed by atoms with Crippen LogP contribution in [0.25, 0.3) is 0 Å². The Hall–Kier alpha value is -1.60. The van der Waals surface area contributed by atoms with Crippen LogP contribution in [-0.4, -0.2) is 0 Å². The molecule has 0 radical (unpaired) electrons. The summed E-state index contributed by atoms with van der Waals surface area (Å²) in [7, 11) is 0. The second-order valence-electron chi connectivity index (χ2n) is 5.66. The quantitative estimate of drug-likeness (QED) is 0.856. The van der Waals surface area contributed by atoms with Crippen molar-refractivity contribution >= 4 is 0 Å². The van der Waals surface area contributed by atoms with Crippen molar-refractivity contribution in [3.8, 4) is 0 Å². The Morgan fingerprint density at radius 3 is 2.68 bits per heavy atom. The molecule has 0 aliphatic heterocycles. The van der Waals surface area contributed by atoms with E-state index in [9.17, 15) is 0 Å². The van der Waals surface area contributed by atoms with Crippen molar-refractivity contribution in [3.05, 3.63) is 70.3 Å². The SMILES string of the molecule is Cc1cccc(C(N)C2CCc3ccccc32)c1C. The van der Waals surface area contributed by atoms with Gasteiger partial charge in [0, 0.05) is 12.0 Å². The Balaban J connectivity index is 1.98. The van der Waals surface area contributed by atoms with Gasteiger partial charge < -0.3 is 5.73 Å². The largest absolute Gasteiger partial charge is 0.323 e. The fraction of sp³-hybridized carbons (Fsp3) is 0.333. The number of nitrogens with two attached hydrogens (primary N) is 1. The van der Waals surface area contributed by atoms with Crippen LogP contribution >= 0.6 is 0 Å². The third kappa shape index (κ3) is 2.08. The van der Waals surface area contributed by atoms with Gasteiger partial charge in [-0.25, -0.2) is 0 Å². The normalized spacial score (nSPS) is 19.2. The van der Waals surface area contributed by atoms with E-state index in [0.29, 0.717) is 5.92 Å². The second kappa shape index (κ2) is 4.82. The van der Waals surface area contributed by atoms with E-state index in [0.717, 1.165) is 0 Å². The lowest BCUT2D eigenvalue weighted by molar-refractivity contribution is 0.548. The highest BCUT2D eigenvalue weighted by Crippen LogP contribution is 2.41. The zero-order valence-corrected chi connectivity index (χ0v) is 11.7. The van der Waals surface area contributed by atoms with Gasteiger partial charge in [-0.15, -0.1) is 0 Å². The summed E-state index contributed by atoms with van der Waals surface area (Å²) < 4.78 is 0. The van der Waals surface area contributed by atoms with Gasteiger partial charge in [0.15, 0.2) is 0 Å². The zero-order valence-electron chi connectivity index (χ0n) is 11.7. The third-order valence-electron chi connectivity index (χ3n) is 4.62. The molecule has 2 aromatic carbocycles. The molecule has 2 N–H and O–H groups in total. The van der Waals surface area contributed by atoms with Crippen LogP contribution in [0.15, 0.2) is 42.5 Å². The first kappa shape index (κ1) is 12.4. The number of fused-ring (bicyclic) bond motifs is 1. The molecule has 0 heterocycles. The van der Waals surface area contributed by atoms with Crippen LogP contribution in [0.1, 0.15) is 46.2 Å². The molecule has 0 bridgehead atoms. The van der Waals surface area contributed by atoms with E-state index in [1.54, 1.807) is 0 Å². The van der Waals surface area contributed by atoms with E-state index in [1.165, 1.54) is 40.7 Å². The van der Waals surface area contributed by atoms with Gasteiger partial charge in [-0.1, -0.05) is 42.5 Å². The lowest BCUT2D eigenvalue weighted by atomic mass is 9.86. The molecule has 3 rings (SSSR count). The van der Waals surface area contributed by atoms with Gasteiger partial charge in [0.2, 0.25) is 0 Å². The smallest absolute Gasteiger partial charge is 0.0367 e. The van der Waals surface area contributed by atoms with E-state index in [2.05, 4.69) is 56.3 Å². The van der Waals surface area contributed by atoms with Crippen LogP contribution in [0.2, 0.25) is 0 Å². The fourth-order valence-corrected chi connectivity index (χ4v) is 3.31. The molecule has 98 valence electrons. The highest BCUT2D eigenvalue weighted by molar-refractivity contribution is 5.41. The topological polar surface area (TPSA) is 26.0 Å². The number of hydrogen-bond acceptors (Lipinski definition) is 1. The Morgan fingerprint density at radius 1 is 1.05 bits per heavy atom. The molecule has 0 saturated heterocycles. The summed E-state index contributed by atoms with van der Waals surface area (Å²) in [6.45, 7) is 4.35. The summed E-state index contributed by atoms with van der Waals surface area (Å²) in [5.74, 6) is 0.469. The van der Waals surface area contributed by atoms with Gasteiger partial charge in [-0.05, 0) is 54.5 Å². The third-order valence-corrected chi connectivity index (χ3v) is 4.62.